The molecule has 0 aliphatic rings. The van der Waals surface area contributed by atoms with Crippen LogP contribution >= 0.6 is 14.5 Å². The van der Waals surface area contributed by atoms with Gasteiger partial charge in [-0.05, 0) is 167 Å². The second kappa shape index (κ2) is 28.2. The lowest BCUT2D eigenvalue weighted by Gasteiger charge is -2.27. The highest BCUT2D eigenvalue weighted by molar-refractivity contribution is 7.96. The summed E-state index contributed by atoms with van der Waals surface area (Å²) < 4.78 is 89.0. The Morgan fingerprint density at radius 2 is 0.634 bits per heavy atom. The summed E-state index contributed by atoms with van der Waals surface area (Å²) in [5, 5.41) is 27.4. The van der Waals surface area contributed by atoms with E-state index >= 15 is 0 Å². The summed E-state index contributed by atoms with van der Waals surface area (Å²) in [5.41, 5.74) is -1.89. The summed E-state index contributed by atoms with van der Waals surface area (Å²) in [6.07, 6.45) is -9.03. The lowest BCUT2D eigenvalue weighted by molar-refractivity contribution is -0.372. The van der Waals surface area contributed by atoms with Crippen molar-refractivity contribution in [3.05, 3.63) is 271 Å². The van der Waals surface area contributed by atoms with Crippen LogP contribution in [0.2, 0.25) is 0 Å². The first kappa shape index (κ1) is 61.8. The maximum atomic E-state index is 13.7. The van der Waals surface area contributed by atoms with E-state index in [4.69, 9.17) is 9.47 Å². The van der Waals surface area contributed by atoms with E-state index in [0.29, 0.717) is 23.5 Å². The zero-order valence-electron chi connectivity index (χ0n) is 45.3. The largest absolute Gasteiger partial charge is 0.860 e. The first-order valence-electron chi connectivity index (χ1n) is 26.2. The van der Waals surface area contributed by atoms with Crippen molar-refractivity contribution in [2.24, 2.45) is 0 Å². The van der Waals surface area contributed by atoms with Crippen LogP contribution in [0.3, 0.4) is 0 Å². The predicted octanol–water partition coefficient (Wildman–Crippen LogP) is 12.1. The van der Waals surface area contributed by atoms with Gasteiger partial charge in [-0.25, -0.2) is 0 Å². The van der Waals surface area contributed by atoms with Crippen molar-refractivity contribution in [3.8, 4) is 17.2 Å². The summed E-state index contributed by atoms with van der Waals surface area (Å²) in [4.78, 5) is 27.4. The fourth-order valence-corrected chi connectivity index (χ4v) is 17.4. The van der Waals surface area contributed by atoms with E-state index in [1.54, 1.807) is 0 Å². The van der Waals surface area contributed by atoms with Crippen LogP contribution in [0.15, 0.2) is 249 Å². The highest BCUT2D eigenvalue weighted by atomic mass is 31.2. The van der Waals surface area contributed by atoms with Crippen LogP contribution in [0.5, 0.6) is 17.2 Å². The molecule has 0 radical (unpaired) electrons. The van der Waals surface area contributed by atoms with Crippen LogP contribution in [0.1, 0.15) is 59.5 Å². The zero-order valence-corrected chi connectivity index (χ0v) is 47.1. The number of ether oxygens (including phenoxy) is 2. The van der Waals surface area contributed by atoms with Gasteiger partial charge in [-0.2, -0.15) is 26.3 Å². The second-order valence-electron chi connectivity index (χ2n) is 19.3. The lowest BCUT2D eigenvalue weighted by atomic mass is 10.1. The Labute approximate surface area is 476 Å². The SMILES string of the molecule is CC(C)Oc1ccc(C(=O)C[P+](c2ccccc2)(c2ccccc2)c2ccccc2)cc1.CC(C)Oc1ccc(C(=O)C[P+](c2ccccc2)(c2ccccc2)c2ccccc2)cc1.[O-]B([O-])Oc1cc(C(F)(F)F)cc(C(F)(F)F)c1. The van der Waals surface area contributed by atoms with Gasteiger partial charge in [-0.1, -0.05) is 109 Å². The van der Waals surface area contributed by atoms with Crippen molar-refractivity contribution < 1.29 is 60.1 Å². The Morgan fingerprint density at radius 3 is 0.841 bits per heavy atom. The Bertz CT molecular complexity index is 3000. The number of hydrogen-bond donors (Lipinski definition) is 0. The first-order chi connectivity index (χ1) is 39.2. The van der Waals surface area contributed by atoms with Gasteiger partial charge < -0.3 is 24.2 Å². The molecular formula is C66H59BF6O7P2. The van der Waals surface area contributed by atoms with E-state index < -0.39 is 51.1 Å². The molecule has 0 spiro atoms. The molecular weight excluding hydrogens is 1090 g/mol. The average Bonchev–Trinajstić information content (AvgIpc) is 3.65. The third kappa shape index (κ3) is 16.2. The van der Waals surface area contributed by atoms with E-state index in [0.717, 1.165) is 11.5 Å². The minimum absolute atomic E-state index is 0.101. The van der Waals surface area contributed by atoms with Crippen molar-refractivity contribution in [1.82, 2.24) is 0 Å². The van der Waals surface area contributed by atoms with Crippen molar-refractivity contribution in [3.63, 3.8) is 0 Å². The molecule has 0 unspecified atom stereocenters. The number of hydrogen-bond acceptors (Lipinski definition) is 7. The number of ketones is 2. The molecule has 0 aromatic heterocycles. The Hall–Kier alpha value is -7.86. The van der Waals surface area contributed by atoms with E-state index in [1.807, 2.05) is 113 Å². The third-order valence-electron chi connectivity index (χ3n) is 12.8. The van der Waals surface area contributed by atoms with E-state index in [9.17, 15) is 46.0 Å². The van der Waals surface area contributed by atoms with Gasteiger partial charge in [0.15, 0.2) is 0 Å². The minimum atomic E-state index is -5.05. The van der Waals surface area contributed by atoms with Gasteiger partial charge >= 0.3 is 12.4 Å². The molecule has 0 amide bonds. The fraction of sp³-hybridized carbons (Fsp3) is 0.152. The summed E-state index contributed by atoms with van der Waals surface area (Å²) in [5.74, 6) is 0.780. The molecule has 82 heavy (non-hydrogen) atoms. The van der Waals surface area contributed by atoms with E-state index in [1.165, 1.54) is 31.8 Å². The monoisotopic (exact) mass is 1150 g/mol. The standard InChI is InChI=1S/2C29H28O2P.C8H3BF6O3/c2*1-23(2)31-25-20-18-24(19-21-25)29(30)22-32(26-12-6-3-7-13-26,27-14-8-4-9-15-27)28-16-10-5-11-17-28;10-7(11,12)4-1-5(8(13,14)15)3-6(2-4)18-9(16)17/h2*3-21,23H,22H2,1-2H3;1-3H/q2*+1;-2. The molecule has 16 heteroatoms. The molecule has 0 N–H and O–H groups in total. The summed E-state index contributed by atoms with van der Waals surface area (Å²) >= 11 is 0. The van der Waals surface area contributed by atoms with Gasteiger partial charge in [0.25, 0.3) is 0 Å². The highest BCUT2D eigenvalue weighted by Crippen LogP contribution is 2.57. The maximum absolute atomic E-state index is 13.7. The smallest absolute Gasteiger partial charge is 0.416 e. The minimum Gasteiger partial charge on any atom is -0.860 e. The molecule has 0 saturated carbocycles. The molecule has 9 rings (SSSR count). The number of carbonyl (C=O) groups excluding carboxylic acids is 2. The summed E-state index contributed by atoms with van der Waals surface area (Å²) in [6.45, 7) is 7.99. The number of halogens is 6. The molecule has 7 nitrogen and oxygen atoms in total. The number of Topliss-reactive ketones (excluding diaryl/α,β-unsaturated/α-hetero) is 2. The Balaban J connectivity index is 0.000000185. The molecule has 0 aliphatic heterocycles. The van der Waals surface area contributed by atoms with Gasteiger partial charge in [0.1, 0.15) is 77.5 Å². The van der Waals surface area contributed by atoms with Crippen molar-refractivity contribution in [2.45, 2.75) is 52.3 Å². The highest BCUT2D eigenvalue weighted by Gasteiger charge is 2.49. The molecule has 0 aliphatic carbocycles. The molecule has 9 aromatic carbocycles. The summed E-state index contributed by atoms with van der Waals surface area (Å²) in [7, 11) is -7.40. The number of alkyl halides is 6. The second-order valence-corrected chi connectivity index (χ2v) is 26.3. The zero-order chi connectivity index (χ0) is 58.9. The molecule has 9 aromatic rings. The van der Waals surface area contributed by atoms with Gasteiger partial charge in [0, 0.05) is 11.1 Å². The van der Waals surface area contributed by atoms with Crippen LogP contribution < -0.4 is 56.0 Å². The quantitative estimate of drug-likeness (QED) is 0.0364. The van der Waals surface area contributed by atoms with Crippen LogP contribution in [0, 0.1) is 0 Å². The Morgan fingerprint density at radius 1 is 0.390 bits per heavy atom. The normalized spacial score (nSPS) is 11.6. The van der Waals surface area contributed by atoms with Crippen LogP contribution in [-0.2, 0) is 12.4 Å². The topological polar surface area (TPSA) is 108 Å². The van der Waals surface area contributed by atoms with Crippen molar-refractivity contribution in [2.75, 3.05) is 12.3 Å². The van der Waals surface area contributed by atoms with Crippen molar-refractivity contribution >= 4 is 65.2 Å². The third-order valence-corrected chi connectivity index (χ3v) is 21.4. The molecule has 0 heterocycles. The molecule has 0 bridgehead atoms. The van der Waals surface area contributed by atoms with Crippen LogP contribution in [-0.4, -0.2) is 43.4 Å². The first-order valence-corrected chi connectivity index (χ1v) is 30.1. The predicted molar refractivity (Wildman–Crippen MR) is 316 cm³/mol. The molecule has 420 valence electrons. The average molecular weight is 1150 g/mol. The fourth-order valence-electron chi connectivity index (χ4n) is 9.24. The number of carbonyl (C=O) groups is 2. The van der Waals surface area contributed by atoms with E-state index in [-0.39, 0.29) is 42.0 Å². The molecule has 0 atom stereocenters. The summed E-state index contributed by atoms with van der Waals surface area (Å²) in [6, 6.07) is 78.3. The number of rotatable bonds is 18. The van der Waals surface area contributed by atoms with Gasteiger partial charge in [-0.15, -0.1) is 0 Å². The number of benzene rings is 9. The van der Waals surface area contributed by atoms with Crippen molar-refractivity contribution in [1.29, 1.82) is 0 Å². The van der Waals surface area contributed by atoms with Gasteiger partial charge in [0.2, 0.25) is 11.6 Å². The van der Waals surface area contributed by atoms with Gasteiger partial charge in [-0.3, -0.25) is 9.59 Å². The van der Waals surface area contributed by atoms with Crippen LogP contribution in [0.25, 0.3) is 0 Å². The van der Waals surface area contributed by atoms with Crippen LogP contribution in [0.4, 0.5) is 26.3 Å². The molecule has 0 fully saturated rings. The lowest BCUT2D eigenvalue weighted by Crippen LogP contribution is -2.50. The maximum Gasteiger partial charge on any atom is 0.416 e. The van der Waals surface area contributed by atoms with Gasteiger partial charge in [0.05, 0.1) is 29.1 Å². The Kier molecular flexibility index (Phi) is 21.3. The van der Waals surface area contributed by atoms with E-state index in [2.05, 4.69) is 150 Å². The molecule has 0 saturated heterocycles.